The van der Waals surface area contributed by atoms with Crippen LogP contribution >= 0.6 is 0 Å². The predicted molar refractivity (Wildman–Crippen MR) is 167 cm³/mol. The number of benzene rings is 2. The number of anilines is 1. The van der Waals surface area contributed by atoms with Crippen LogP contribution in [0.3, 0.4) is 0 Å². The number of morpholine rings is 1. The molecule has 14 heteroatoms. The van der Waals surface area contributed by atoms with Crippen LogP contribution in [0, 0.1) is 5.92 Å². The monoisotopic (exact) mass is 665 g/mol. The molecule has 1 unspecified atom stereocenters. The molecule has 2 aromatic rings. The molecule has 0 saturated carbocycles. The molecule has 48 heavy (non-hydrogen) atoms. The first-order chi connectivity index (χ1) is 22.9. The second-order valence-corrected chi connectivity index (χ2v) is 13.2. The second kappa shape index (κ2) is 12.3. The number of rotatable bonds is 6. The molecule has 5 N–H and O–H groups in total. The summed E-state index contributed by atoms with van der Waals surface area (Å²) in [6.07, 6.45) is -2.84. The predicted octanol–water partition coefficient (Wildman–Crippen LogP) is 1.90. The van der Waals surface area contributed by atoms with Crippen molar-refractivity contribution in [2.75, 3.05) is 25.6 Å². The molecule has 9 atom stereocenters. The van der Waals surface area contributed by atoms with Gasteiger partial charge in [-0.2, -0.15) is 0 Å². The largest absolute Gasteiger partial charge is 0.507 e. The Kier molecular flexibility index (Phi) is 8.39. The smallest absolute Gasteiger partial charge is 0.241 e. The molecule has 3 fully saturated rings. The lowest BCUT2D eigenvalue weighted by molar-refractivity contribution is -0.254. The molecule has 0 bridgehead atoms. The van der Waals surface area contributed by atoms with Crippen LogP contribution < -0.4 is 11.1 Å². The number of aromatic hydroxyl groups is 2. The van der Waals surface area contributed by atoms with Gasteiger partial charge in [0.25, 0.3) is 0 Å². The van der Waals surface area contributed by atoms with Gasteiger partial charge in [0.2, 0.25) is 5.91 Å². The number of methoxy groups -OCH3 is 1. The first-order valence-corrected chi connectivity index (χ1v) is 16.2. The third-order valence-electron chi connectivity index (χ3n) is 10.2. The zero-order chi connectivity index (χ0) is 34.2. The molecule has 5 aliphatic rings. The molecule has 256 valence electrons. The summed E-state index contributed by atoms with van der Waals surface area (Å²) in [5.74, 6) is -3.81. The number of ether oxygens (including phenoxy) is 5. The zero-order valence-electron chi connectivity index (χ0n) is 27.1. The fourth-order valence-corrected chi connectivity index (χ4v) is 7.82. The van der Waals surface area contributed by atoms with Crippen LogP contribution in [-0.4, -0.2) is 102 Å². The third kappa shape index (κ3) is 5.14. The Morgan fingerprint density at radius 3 is 2.54 bits per heavy atom. The molecule has 2 aliphatic carbocycles. The minimum atomic E-state index is -0.973. The van der Waals surface area contributed by atoms with Crippen molar-refractivity contribution in [3.8, 4) is 11.5 Å². The first-order valence-electron chi connectivity index (χ1n) is 16.2. The van der Waals surface area contributed by atoms with Crippen molar-refractivity contribution in [2.24, 2.45) is 11.7 Å². The highest BCUT2D eigenvalue weighted by Crippen LogP contribution is 2.52. The maximum atomic E-state index is 14.1. The Bertz CT molecular complexity index is 1710. The van der Waals surface area contributed by atoms with Crippen LogP contribution in [0.4, 0.5) is 5.69 Å². The standard InChI is InChI=1S/C34H39N3O11/c1-13(35)32(43)36-19-7-5-6-17-23(19)29(41)26-25(27(17)39)28(40)18-10-16(14(2)38)11-21(24(18)30(26)42)47-22-12-20-31(15(3)46-22)48-33-34(44-4)45-9-8-37(20)33/h5-7,13,15-16,20-22,31,33-34,40,42H,8-12,35H2,1-4H3,(H,36,43)/t13-,15-,16+,20-,21-,22?,31+,33+,34-/m0/s1. The second-order valence-electron chi connectivity index (χ2n) is 13.2. The van der Waals surface area contributed by atoms with E-state index in [-0.39, 0.29) is 64.3 Å². The molecule has 1 amide bonds. The fourth-order valence-electron chi connectivity index (χ4n) is 7.82. The van der Waals surface area contributed by atoms with E-state index in [0.29, 0.717) is 19.6 Å². The van der Waals surface area contributed by atoms with Gasteiger partial charge < -0.3 is 44.9 Å². The maximum Gasteiger partial charge on any atom is 0.241 e. The van der Waals surface area contributed by atoms with Crippen molar-refractivity contribution in [3.05, 3.63) is 51.6 Å². The zero-order valence-corrected chi connectivity index (χ0v) is 27.1. The Balaban J connectivity index is 1.26. The minimum absolute atomic E-state index is 0.0321. The summed E-state index contributed by atoms with van der Waals surface area (Å²) in [6.45, 7) is 5.88. The van der Waals surface area contributed by atoms with E-state index < -0.39 is 77.5 Å². The molecule has 0 aromatic heterocycles. The van der Waals surface area contributed by atoms with E-state index in [0.717, 1.165) is 0 Å². The van der Waals surface area contributed by atoms with Gasteiger partial charge in [0.1, 0.15) is 23.4 Å². The number of ketones is 3. The van der Waals surface area contributed by atoms with Gasteiger partial charge in [-0.3, -0.25) is 24.1 Å². The van der Waals surface area contributed by atoms with Crippen molar-refractivity contribution in [2.45, 2.75) is 89.2 Å². The first kappa shape index (κ1) is 32.8. The van der Waals surface area contributed by atoms with E-state index in [1.165, 1.54) is 32.0 Å². The van der Waals surface area contributed by atoms with E-state index in [4.69, 9.17) is 29.4 Å². The molecule has 3 aliphatic heterocycles. The number of Topliss-reactive ketones (excluding diaryl/α,β-unsaturated/α-hetero) is 1. The Labute approximate surface area is 276 Å². The van der Waals surface area contributed by atoms with Gasteiger partial charge >= 0.3 is 0 Å². The number of carbonyl (C=O) groups excluding carboxylic acids is 4. The van der Waals surface area contributed by atoms with Crippen LogP contribution in [0.5, 0.6) is 11.5 Å². The summed E-state index contributed by atoms with van der Waals surface area (Å²) < 4.78 is 30.3. The number of fused-ring (bicyclic) bond motifs is 6. The topological polar surface area (TPSA) is 196 Å². The lowest BCUT2D eigenvalue weighted by Gasteiger charge is -2.42. The van der Waals surface area contributed by atoms with Crippen LogP contribution in [0.2, 0.25) is 0 Å². The molecule has 7 rings (SSSR count). The Morgan fingerprint density at radius 2 is 1.83 bits per heavy atom. The molecule has 2 aromatic carbocycles. The number of hydrogen-bond donors (Lipinski definition) is 4. The van der Waals surface area contributed by atoms with E-state index in [1.54, 1.807) is 7.11 Å². The van der Waals surface area contributed by atoms with Gasteiger partial charge in [-0.1, -0.05) is 12.1 Å². The number of hydrogen-bond acceptors (Lipinski definition) is 13. The summed E-state index contributed by atoms with van der Waals surface area (Å²) in [5.41, 5.74) is 5.12. The van der Waals surface area contributed by atoms with Crippen LogP contribution in [0.1, 0.15) is 82.7 Å². The molecule has 14 nitrogen and oxygen atoms in total. The number of phenols is 2. The molecular formula is C34H39N3O11. The van der Waals surface area contributed by atoms with Gasteiger partial charge in [-0.15, -0.1) is 0 Å². The molecule has 3 heterocycles. The molecular weight excluding hydrogens is 626 g/mol. The normalized spacial score (nSPS) is 31.6. The van der Waals surface area contributed by atoms with Crippen molar-refractivity contribution < 1.29 is 53.1 Å². The van der Waals surface area contributed by atoms with Crippen molar-refractivity contribution in [1.82, 2.24) is 4.90 Å². The highest BCUT2D eigenvalue weighted by Gasteiger charge is 2.54. The number of carbonyl (C=O) groups is 4. The average Bonchev–Trinajstić information content (AvgIpc) is 3.44. The summed E-state index contributed by atoms with van der Waals surface area (Å²) in [7, 11) is 1.56. The maximum absolute atomic E-state index is 14.1. The number of nitrogens with zero attached hydrogens (tertiary/aromatic N) is 1. The summed E-state index contributed by atoms with van der Waals surface area (Å²) in [4.78, 5) is 55.4. The van der Waals surface area contributed by atoms with E-state index in [1.807, 2.05) is 6.92 Å². The van der Waals surface area contributed by atoms with Gasteiger partial charge in [0, 0.05) is 48.7 Å². The van der Waals surface area contributed by atoms with Crippen LogP contribution in [0.15, 0.2) is 18.2 Å². The van der Waals surface area contributed by atoms with Crippen molar-refractivity contribution in [3.63, 3.8) is 0 Å². The fraction of sp³-hybridized carbons (Fsp3) is 0.529. The van der Waals surface area contributed by atoms with Crippen molar-refractivity contribution in [1.29, 1.82) is 0 Å². The summed E-state index contributed by atoms with van der Waals surface area (Å²) in [6, 6.07) is 3.38. The minimum Gasteiger partial charge on any atom is -0.507 e. The number of phenolic OH excluding ortho intramolecular Hbond substituents is 2. The lowest BCUT2D eigenvalue weighted by atomic mass is 9.73. The van der Waals surface area contributed by atoms with E-state index in [2.05, 4.69) is 10.2 Å². The number of amides is 1. The van der Waals surface area contributed by atoms with E-state index in [9.17, 15) is 29.4 Å². The van der Waals surface area contributed by atoms with Crippen molar-refractivity contribution >= 4 is 28.9 Å². The van der Waals surface area contributed by atoms with Gasteiger partial charge in [-0.05, 0) is 39.7 Å². The Morgan fingerprint density at radius 1 is 1.08 bits per heavy atom. The van der Waals surface area contributed by atoms with Gasteiger partial charge in [-0.25, -0.2) is 0 Å². The van der Waals surface area contributed by atoms with Gasteiger partial charge in [0.15, 0.2) is 30.4 Å². The van der Waals surface area contributed by atoms with Crippen LogP contribution in [-0.2, 0) is 39.7 Å². The number of nitrogens with one attached hydrogen (secondary N) is 1. The highest BCUT2D eigenvalue weighted by atomic mass is 16.7. The number of nitrogens with two attached hydrogens (primary N) is 1. The summed E-state index contributed by atoms with van der Waals surface area (Å²) in [5, 5.41) is 26.1. The third-order valence-corrected chi connectivity index (χ3v) is 10.2. The molecule has 3 saturated heterocycles. The molecule has 0 spiro atoms. The lowest BCUT2D eigenvalue weighted by Crippen LogP contribution is -2.55. The average molecular weight is 666 g/mol. The highest BCUT2D eigenvalue weighted by molar-refractivity contribution is 6.32. The van der Waals surface area contributed by atoms with Gasteiger partial charge in [0.05, 0.1) is 47.2 Å². The van der Waals surface area contributed by atoms with Crippen LogP contribution in [0.25, 0.3) is 0 Å². The SMILES string of the molecule is CO[C@H]1OCCN2[C@@H]1O[C@@H]1[C@H](C)OC(O[C@H]3C[C@H](C(C)=O)Cc4c(O)c5c(c(O)c43)C(=O)c3c(NC(=O)[C@H](C)N)cccc3C5=O)C[C@@H]12. The summed E-state index contributed by atoms with van der Waals surface area (Å²) >= 11 is 0. The quantitative estimate of drug-likeness (QED) is 0.279. The Hall–Kier alpha value is -3.76. The van der Waals surface area contributed by atoms with E-state index >= 15 is 0 Å². The molecule has 0 radical (unpaired) electrons.